The Bertz CT molecular complexity index is 346. The summed E-state index contributed by atoms with van der Waals surface area (Å²) in [7, 11) is 3.34. The monoisotopic (exact) mass is 269 g/mol. The summed E-state index contributed by atoms with van der Waals surface area (Å²) < 4.78 is 0. The van der Waals surface area contributed by atoms with E-state index < -0.39 is 5.54 Å². The van der Waals surface area contributed by atoms with Gasteiger partial charge in [0.2, 0.25) is 11.8 Å². The molecule has 0 heterocycles. The number of nitrogens with one attached hydrogen (secondary N) is 1. The van der Waals surface area contributed by atoms with Gasteiger partial charge in [0, 0.05) is 20.6 Å². The average Bonchev–Trinajstić information content (AvgIpc) is 2.36. The number of carbonyl (C=O) groups is 2. The summed E-state index contributed by atoms with van der Waals surface area (Å²) in [6, 6.07) is 0. The van der Waals surface area contributed by atoms with Gasteiger partial charge in [0.1, 0.15) is 0 Å². The van der Waals surface area contributed by atoms with Gasteiger partial charge in [-0.05, 0) is 18.8 Å². The van der Waals surface area contributed by atoms with Crippen molar-refractivity contribution in [2.24, 2.45) is 17.6 Å². The second kappa shape index (κ2) is 6.37. The predicted octanol–water partition coefficient (Wildman–Crippen LogP) is 0.735. The summed E-state index contributed by atoms with van der Waals surface area (Å²) >= 11 is 0. The molecule has 0 aromatic rings. The lowest BCUT2D eigenvalue weighted by molar-refractivity contribution is -0.138. The molecule has 1 saturated carbocycles. The van der Waals surface area contributed by atoms with E-state index in [4.69, 9.17) is 5.73 Å². The average molecular weight is 269 g/mol. The minimum Gasteiger partial charge on any atom is -0.359 e. The number of carbonyl (C=O) groups excluding carboxylic acids is 2. The highest BCUT2D eigenvalue weighted by molar-refractivity contribution is 5.87. The van der Waals surface area contributed by atoms with Crippen LogP contribution in [-0.4, -0.2) is 42.9 Å². The molecule has 1 rings (SSSR count). The number of likely N-dealkylation sites (N-methyl/N-ethyl adjacent to an activating group) is 1. The molecule has 1 fully saturated rings. The lowest BCUT2D eigenvalue weighted by Gasteiger charge is -2.38. The Kier molecular flexibility index (Phi) is 5.35. The highest BCUT2D eigenvalue weighted by Crippen LogP contribution is 2.31. The van der Waals surface area contributed by atoms with Gasteiger partial charge in [0.15, 0.2) is 0 Å². The van der Waals surface area contributed by atoms with Crippen molar-refractivity contribution in [2.75, 3.05) is 20.6 Å². The summed E-state index contributed by atoms with van der Waals surface area (Å²) in [6.45, 7) is 4.36. The Hall–Kier alpha value is -1.10. The number of nitrogens with zero attached hydrogens (tertiary/aromatic N) is 1. The van der Waals surface area contributed by atoms with Crippen LogP contribution in [0.4, 0.5) is 0 Å². The lowest BCUT2D eigenvalue weighted by atomic mass is 9.76. The fraction of sp³-hybridized carbons (Fsp3) is 0.857. The number of rotatable bonds is 4. The number of hydrogen-bond acceptors (Lipinski definition) is 3. The highest BCUT2D eigenvalue weighted by atomic mass is 16.2. The van der Waals surface area contributed by atoms with Crippen LogP contribution in [0.15, 0.2) is 0 Å². The maximum Gasteiger partial charge on any atom is 0.242 e. The molecule has 0 aromatic carbocycles. The maximum atomic E-state index is 12.5. The van der Waals surface area contributed by atoms with E-state index in [2.05, 4.69) is 12.2 Å². The second-order valence-corrected chi connectivity index (χ2v) is 6.06. The van der Waals surface area contributed by atoms with E-state index in [1.165, 1.54) is 0 Å². The molecule has 1 aliphatic rings. The van der Waals surface area contributed by atoms with Crippen LogP contribution in [0.3, 0.4) is 0 Å². The van der Waals surface area contributed by atoms with Crippen LogP contribution in [-0.2, 0) is 9.59 Å². The van der Waals surface area contributed by atoms with E-state index in [-0.39, 0.29) is 17.7 Å². The third-order valence-corrected chi connectivity index (χ3v) is 4.05. The molecule has 0 bridgehead atoms. The third-order valence-electron chi connectivity index (χ3n) is 4.05. The first-order valence-corrected chi connectivity index (χ1v) is 7.06. The molecule has 3 atom stereocenters. The van der Waals surface area contributed by atoms with Crippen molar-refractivity contribution in [1.82, 2.24) is 10.2 Å². The molecule has 19 heavy (non-hydrogen) atoms. The topological polar surface area (TPSA) is 75.4 Å². The zero-order valence-corrected chi connectivity index (χ0v) is 12.5. The van der Waals surface area contributed by atoms with Crippen LogP contribution in [0.2, 0.25) is 0 Å². The van der Waals surface area contributed by atoms with Gasteiger partial charge in [0.25, 0.3) is 0 Å². The molecule has 5 heteroatoms. The van der Waals surface area contributed by atoms with Gasteiger partial charge in [-0.2, -0.15) is 0 Å². The standard InChI is InChI=1S/C14H27N3O2/c1-10-6-5-7-14(15,8-10)13(19)17(4)9-11(2)12(18)16-3/h10-11H,5-9,15H2,1-4H3,(H,16,18). The fourth-order valence-electron chi connectivity index (χ4n) is 2.99. The number of hydrogen-bond donors (Lipinski definition) is 2. The molecule has 0 saturated heterocycles. The first-order chi connectivity index (χ1) is 8.80. The SMILES string of the molecule is CNC(=O)C(C)CN(C)C(=O)C1(N)CCCC(C)C1. The van der Waals surface area contributed by atoms with Gasteiger partial charge in [-0.25, -0.2) is 0 Å². The van der Waals surface area contributed by atoms with Crippen LogP contribution < -0.4 is 11.1 Å². The van der Waals surface area contributed by atoms with Gasteiger partial charge in [0.05, 0.1) is 11.5 Å². The van der Waals surface area contributed by atoms with Crippen LogP contribution >= 0.6 is 0 Å². The summed E-state index contributed by atoms with van der Waals surface area (Å²) in [6.07, 6.45) is 3.63. The predicted molar refractivity (Wildman–Crippen MR) is 75.4 cm³/mol. The first-order valence-electron chi connectivity index (χ1n) is 7.06. The molecule has 3 unspecified atom stereocenters. The Morgan fingerprint density at radius 1 is 1.53 bits per heavy atom. The highest BCUT2D eigenvalue weighted by Gasteiger charge is 2.40. The maximum absolute atomic E-state index is 12.5. The van der Waals surface area contributed by atoms with Crippen LogP contribution in [0.1, 0.15) is 39.5 Å². The zero-order chi connectivity index (χ0) is 14.6. The van der Waals surface area contributed by atoms with Gasteiger partial charge in [-0.3, -0.25) is 9.59 Å². The van der Waals surface area contributed by atoms with Crippen molar-refractivity contribution in [2.45, 2.75) is 45.1 Å². The van der Waals surface area contributed by atoms with E-state index in [0.29, 0.717) is 12.5 Å². The fourth-order valence-corrected chi connectivity index (χ4v) is 2.99. The second-order valence-electron chi connectivity index (χ2n) is 6.06. The van der Waals surface area contributed by atoms with Crippen molar-refractivity contribution >= 4 is 11.8 Å². The van der Waals surface area contributed by atoms with Crippen molar-refractivity contribution < 1.29 is 9.59 Å². The van der Waals surface area contributed by atoms with Gasteiger partial charge < -0.3 is 16.0 Å². The smallest absolute Gasteiger partial charge is 0.242 e. The van der Waals surface area contributed by atoms with Crippen molar-refractivity contribution in [1.29, 1.82) is 0 Å². The van der Waals surface area contributed by atoms with E-state index >= 15 is 0 Å². The largest absolute Gasteiger partial charge is 0.359 e. The van der Waals surface area contributed by atoms with Crippen LogP contribution in [0.25, 0.3) is 0 Å². The molecule has 0 spiro atoms. The van der Waals surface area contributed by atoms with Gasteiger partial charge in [-0.15, -0.1) is 0 Å². The summed E-state index contributed by atoms with van der Waals surface area (Å²) in [5.41, 5.74) is 5.55. The summed E-state index contributed by atoms with van der Waals surface area (Å²) in [5, 5.41) is 2.60. The normalized spacial score (nSPS) is 28.6. The molecular weight excluding hydrogens is 242 g/mol. The van der Waals surface area contributed by atoms with E-state index in [9.17, 15) is 9.59 Å². The molecule has 0 aliphatic heterocycles. The van der Waals surface area contributed by atoms with E-state index in [0.717, 1.165) is 25.7 Å². The molecule has 3 N–H and O–H groups in total. The molecular formula is C14H27N3O2. The molecule has 0 aromatic heterocycles. The zero-order valence-electron chi connectivity index (χ0n) is 12.5. The minimum absolute atomic E-state index is 0.0326. The van der Waals surface area contributed by atoms with Crippen molar-refractivity contribution in [3.05, 3.63) is 0 Å². The third kappa shape index (κ3) is 3.93. The lowest BCUT2D eigenvalue weighted by Crippen LogP contribution is -2.57. The Morgan fingerprint density at radius 3 is 2.68 bits per heavy atom. The van der Waals surface area contributed by atoms with Crippen LogP contribution in [0, 0.1) is 11.8 Å². The molecule has 1 aliphatic carbocycles. The Balaban J connectivity index is 2.63. The number of nitrogens with two attached hydrogens (primary N) is 1. The molecule has 0 radical (unpaired) electrons. The van der Waals surface area contributed by atoms with Gasteiger partial charge in [-0.1, -0.05) is 26.7 Å². The Morgan fingerprint density at radius 2 is 2.16 bits per heavy atom. The summed E-state index contributed by atoms with van der Waals surface area (Å²) in [4.78, 5) is 25.6. The Labute approximate surface area is 115 Å². The quantitative estimate of drug-likeness (QED) is 0.790. The van der Waals surface area contributed by atoms with Gasteiger partial charge >= 0.3 is 0 Å². The van der Waals surface area contributed by atoms with Crippen molar-refractivity contribution in [3.63, 3.8) is 0 Å². The van der Waals surface area contributed by atoms with E-state index in [1.54, 1.807) is 19.0 Å². The molecule has 110 valence electrons. The molecule has 5 nitrogen and oxygen atoms in total. The van der Waals surface area contributed by atoms with E-state index in [1.807, 2.05) is 6.92 Å². The first kappa shape index (κ1) is 16.0. The van der Waals surface area contributed by atoms with Crippen LogP contribution in [0.5, 0.6) is 0 Å². The van der Waals surface area contributed by atoms with Crippen molar-refractivity contribution in [3.8, 4) is 0 Å². The summed E-state index contributed by atoms with van der Waals surface area (Å²) in [5.74, 6) is 0.188. The minimum atomic E-state index is -0.741. The molecule has 2 amide bonds. The number of amides is 2.